The summed E-state index contributed by atoms with van der Waals surface area (Å²) in [5, 5.41) is 9.18. The van der Waals surface area contributed by atoms with Crippen LogP contribution in [0.1, 0.15) is 6.42 Å². The van der Waals surface area contributed by atoms with Crippen molar-refractivity contribution in [3.63, 3.8) is 0 Å². The van der Waals surface area contributed by atoms with Crippen molar-refractivity contribution in [2.75, 3.05) is 17.1 Å². The van der Waals surface area contributed by atoms with Crippen LogP contribution >= 0.6 is 34.8 Å². The van der Waals surface area contributed by atoms with Crippen molar-refractivity contribution in [2.45, 2.75) is 6.42 Å². The molecule has 0 bridgehead atoms. The van der Waals surface area contributed by atoms with Crippen LogP contribution in [0.3, 0.4) is 0 Å². The normalized spacial score (nSPS) is 11.5. The predicted octanol–water partition coefficient (Wildman–Crippen LogP) is 2.77. The molecule has 96 valence electrons. The predicted molar refractivity (Wildman–Crippen MR) is 70.6 cm³/mol. The Morgan fingerprint density at radius 2 is 1.71 bits per heavy atom. The molecule has 0 unspecified atom stereocenters. The third-order valence-electron chi connectivity index (χ3n) is 1.85. The minimum absolute atomic E-state index is 0.147. The van der Waals surface area contributed by atoms with Crippen molar-refractivity contribution in [3.05, 3.63) is 27.2 Å². The first kappa shape index (κ1) is 14.9. The Hall–Kier alpha value is -0.200. The van der Waals surface area contributed by atoms with Crippen molar-refractivity contribution in [1.29, 1.82) is 0 Å². The maximum Gasteiger partial charge on any atom is 0.232 e. The molecule has 0 aliphatic heterocycles. The molecule has 0 aliphatic rings. The second-order valence-electron chi connectivity index (χ2n) is 3.24. The number of halogens is 3. The largest absolute Gasteiger partial charge is 0.396 e. The van der Waals surface area contributed by atoms with Gasteiger partial charge in [0.25, 0.3) is 0 Å². The van der Waals surface area contributed by atoms with Crippen LogP contribution < -0.4 is 4.72 Å². The molecule has 0 amide bonds. The first-order chi connectivity index (χ1) is 7.85. The van der Waals surface area contributed by atoms with Crippen molar-refractivity contribution in [2.24, 2.45) is 0 Å². The van der Waals surface area contributed by atoms with Crippen LogP contribution in [0, 0.1) is 0 Å². The van der Waals surface area contributed by atoms with Gasteiger partial charge in [0.05, 0.1) is 26.5 Å². The average molecular weight is 319 g/mol. The fourth-order valence-electron chi connectivity index (χ4n) is 1.07. The van der Waals surface area contributed by atoms with Gasteiger partial charge in [0, 0.05) is 6.61 Å². The molecule has 0 saturated heterocycles. The third kappa shape index (κ3) is 4.52. The van der Waals surface area contributed by atoms with Gasteiger partial charge in [0.1, 0.15) is 0 Å². The molecule has 0 spiro atoms. The van der Waals surface area contributed by atoms with Gasteiger partial charge in [0.2, 0.25) is 10.0 Å². The van der Waals surface area contributed by atoms with E-state index in [1.54, 1.807) is 0 Å². The van der Waals surface area contributed by atoms with Gasteiger partial charge in [-0.25, -0.2) is 8.42 Å². The SMILES string of the molecule is O=S(=O)(CCCO)Nc1cc(Cl)c(Cl)cc1Cl. The first-order valence-electron chi connectivity index (χ1n) is 4.61. The average Bonchev–Trinajstić information content (AvgIpc) is 2.23. The molecule has 0 saturated carbocycles. The van der Waals surface area contributed by atoms with Gasteiger partial charge in [-0.2, -0.15) is 0 Å². The Kier molecular flexibility index (Phi) is 5.34. The summed E-state index contributed by atoms with van der Waals surface area (Å²) in [5.41, 5.74) is 0.166. The highest BCUT2D eigenvalue weighted by atomic mass is 35.5. The number of rotatable bonds is 5. The summed E-state index contributed by atoms with van der Waals surface area (Å²) in [5.74, 6) is -0.194. The van der Waals surface area contributed by atoms with Gasteiger partial charge in [0.15, 0.2) is 0 Å². The van der Waals surface area contributed by atoms with E-state index in [0.29, 0.717) is 0 Å². The number of nitrogens with one attached hydrogen (secondary N) is 1. The molecule has 0 radical (unpaired) electrons. The Morgan fingerprint density at radius 1 is 1.12 bits per heavy atom. The highest BCUT2D eigenvalue weighted by molar-refractivity contribution is 7.92. The molecular weight excluding hydrogens is 309 g/mol. The molecule has 1 aromatic carbocycles. The highest BCUT2D eigenvalue weighted by Gasteiger charge is 2.13. The zero-order valence-electron chi connectivity index (χ0n) is 8.58. The number of aliphatic hydroxyl groups excluding tert-OH is 1. The van der Waals surface area contributed by atoms with Crippen LogP contribution in [0.4, 0.5) is 5.69 Å². The smallest absolute Gasteiger partial charge is 0.232 e. The van der Waals surface area contributed by atoms with E-state index >= 15 is 0 Å². The van der Waals surface area contributed by atoms with E-state index in [2.05, 4.69) is 4.72 Å². The van der Waals surface area contributed by atoms with Crippen molar-refractivity contribution in [1.82, 2.24) is 0 Å². The quantitative estimate of drug-likeness (QED) is 0.820. The first-order valence-corrected chi connectivity index (χ1v) is 7.40. The van der Waals surface area contributed by atoms with Gasteiger partial charge in [-0.15, -0.1) is 0 Å². The van der Waals surface area contributed by atoms with Gasteiger partial charge < -0.3 is 5.11 Å². The van der Waals surface area contributed by atoms with E-state index < -0.39 is 10.0 Å². The van der Waals surface area contributed by atoms with Gasteiger partial charge in [-0.3, -0.25) is 4.72 Å². The molecule has 2 N–H and O–H groups in total. The van der Waals surface area contributed by atoms with E-state index in [1.165, 1.54) is 12.1 Å². The van der Waals surface area contributed by atoms with Crippen LogP contribution in [0.15, 0.2) is 12.1 Å². The molecule has 8 heteroatoms. The minimum Gasteiger partial charge on any atom is -0.396 e. The minimum atomic E-state index is -3.55. The van der Waals surface area contributed by atoms with E-state index in [-0.39, 0.29) is 39.5 Å². The summed E-state index contributed by atoms with van der Waals surface area (Å²) in [7, 11) is -3.55. The standard InChI is InChI=1S/C9H10Cl3NO3S/c10-6-4-8(12)9(5-7(6)11)13-17(15,16)3-1-2-14/h4-5,13-14H,1-3H2. The van der Waals surface area contributed by atoms with Crippen LogP contribution in [0.5, 0.6) is 0 Å². The summed E-state index contributed by atoms with van der Waals surface area (Å²) in [4.78, 5) is 0. The van der Waals surface area contributed by atoms with Crippen molar-refractivity contribution < 1.29 is 13.5 Å². The summed E-state index contributed by atoms with van der Waals surface area (Å²) in [6, 6.07) is 2.69. The van der Waals surface area contributed by atoms with Gasteiger partial charge in [-0.05, 0) is 18.6 Å². The molecule has 0 atom stereocenters. The molecule has 1 rings (SSSR count). The van der Waals surface area contributed by atoms with E-state index in [0.717, 1.165) is 0 Å². The molecule has 17 heavy (non-hydrogen) atoms. The zero-order chi connectivity index (χ0) is 13.1. The van der Waals surface area contributed by atoms with Crippen molar-refractivity contribution in [3.8, 4) is 0 Å². The number of sulfonamides is 1. The molecule has 0 heterocycles. The second kappa shape index (κ2) is 6.11. The lowest BCUT2D eigenvalue weighted by molar-refractivity contribution is 0.295. The molecule has 0 aliphatic carbocycles. The number of aliphatic hydroxyl groups is 1. The lowest BCUT2D eigenvalue weighted by Crippen LogP contribution is -2.17. The van der Waals surface area contributed by atoms with Gasteiger partial charge in [-0.1, -0.05) is 34.8 Å². The third-order valence-corrected chi connectivity index (χ3v) is 4.24. The van der Waals surface area contributed by atoms with E-state index in [9.17, 15) is 8.42 Å². The summed E-state index contributed by atoms with van der Waals surface area (Å²) in [6.07, 6.45) is 0.147. The Morgan fingerprint density at radius 3 is 2.29 bits per heavy atom. The number of hydrogen-bond acceptors (Lipinski definition) is 3. The highest BCUT2D eigenvalue weighted by Crippen LogP contribution is 2.32. The Balaban J connectivity index is 2.92. The Labute approximate surface area is 115 Å². The molecular formula is C9H10Cl3NO3S. The van der Waals surface area contributed by atoms with E-state index in [4.69, 9.17) is 39.9 Å². The van der Waals surface area contributed by atoms with Crippen LogP contribution in [0.25, 0.3) is 0 Å². The van der Waals surface area contributed by atoms with E-state index in [1.807, 2.05) is 0 Å². The Bertz CT molecular complexity index is 504. The summed E-state index contributed by atoms with van der Waals surface area (Å²) < 4.78 is 25.4. The molecule has 4 nitrogen and oxygen atoms in total. The molecule has 0 aromatic heterocycles. The topological polar surface area (TPSA) is 66.4 Å². The lowest BCUT2D eigenvalue weighted by atomic mass is 10.3. The fraction of sp³-hybridized carbons (Fsp3) is 0.333. The fourth-order valence-corrected chi connectivity index (χ4v) is 2.84. The van der Waals surface area contributed by atoms with Crippen LogP contribution in [-0.4, -0.2) is 25.9 Å². The van der Waals surface area contributed by atoms with Crippen LogP contribution in [0.2, 0.25) is 15.1 Å². The maximum absolute atomic E-state index is 11.6. The van der Waals surface area contributed by atoms with Crippen LogP contribution in [-0.2, 0) is 10.0 Å². The van der Waals surface area contributed by atoms with Crippen molar-refractivity contribution >= 4 is 50.5 Å². The maximum atomic E-state index is 11.6. The second-order valence-corrected chi connectivity index (χ2v) is 6.31. The number of hydrogen-bond donors (Lipinski definition) is 2. The zero-order valence-corrected chi connectivity index (χ0v) is 11.7. The number of anilines is 1. The van der Waals surface area contributed by atoms with Gasteiger partial charge >= 0.3 is 0 Å². The number of benzene rings is 1. The molecule has 0 fully saturated rings. The lowest BCUT2D eigenvalue weighted by Gasteiger charge is -2.10. The monoisotopic (exact) mass is 317 g/mol. The summed E-state index contributed by atoms with van der Waals surface area (Å²) in [6.45, 7) is -0.198. The summed E-state index contributed by atoms with van der Waals surface area (Å²) >= 11 is 17.3. The molecule has 1 aromatic rings.